The molecule has 23 heteroatoms. The van der Waals surface area contributed by atoms with Gasteiger partial charge in [0.25, 0.3) is 0 Å². The Morgan fingerprint density at radius 2 is 0.667 bits per heavy atom. The van der Waals surface area contributed by atoms with E-state index in [0.717, 1.165) is 13.2 Å². The summed E-state index contributed by atoms with van der Waals surface area (Å²) in [4.78, 5) is 91.8. The lowest BCUT2D eigenvalue weighted by Crippen LogP contribution is -2.16. The average molecular weight is 885 g/mol. The molecule has 0 aromatic rings. The van der Waals surface area contributed by atoms with Crippen LogP contribution in [0.3, 0.4) is 0 Å². The highest BCUT2D eigenvalue weighted by molar-refractivity contribution is 5.91. The van der Waals surface area contributed by atoms with Crippen LogP contribution < -0.4 is 0 Å². The van der Waals surface area contributed by atoms with Gasteiger partial charge in [0.2, 0.25) is 6.79 Å². The van der Waals surface area contributed by atoms with Crippen LogP contribution in [0.15, 0.2) is 0 Å². The number of rotatable bonds is 18. The van der Waals surface area contributed by atoms with Crippen LogP contribution in [0.2, 0.25) is 0 Å². The zero-order valence-electron chi connectivity index (χ0n) is 38.4. The van der Waals surface area contributed by atoms with E-state index >= 15 is 0 Å². The van der Waals surface area contributed by atoms with Crippen molar-refractivity contribution in [2.75, 3.05) is 103 Å². The molecule has 0 saturated carbocycles. The second-order valence-electron chi connectivity index (χ2n) is 9.42. The maximum absolute atomic E-state index is 10.4. The van der Waals surface area contributed by atoms with Crippen LogP contribution in [0.1, 0.15) is 88.5 Å². The van der Waals surface area contributed by atoms with Crippen LogP contribution in [0.4, 0.5) is 0 Å². The minimum absolute atomic E-state index is 0.123. The summed E-state index contributed by atoms with van der Waals surface area (Å²) >= 11 is 0. The quantitative estimate of drug-likeness (QED) is 0.0629. The van der Waals surface area contributed by atoms with Gasteiger partial charge in [-0.1, -0.05) is 27.2 Å². The van der Waals surface area contributed by atoms with E-state index in [9.17, 15) is 43.2 Å². The summed E-state index contributed by atoms with van der Waals surface area (Å²) in [6, 6.07) is 0. The molecule has 0 aliphatic heterocycles. The monoisotopic (exact) mass is 884 g/mol. The molecule has 23 nitrogen and oxygen atoms in total. The van der Waals surface area contributed by atoms with E-state index in [0.29, 0.717) is 19.8 Å². The van der Waals surface area contributed by atoms with Gasteiger partial charge < -0.3 is 66.3 Å². The van der Waals surface area contributed by atoms with Gasteiger partial charge in [-0.2, -0.15) is 0 Å². The molecule has 0 fully saturated rings. The first-order valence-electron chi connectivity index (χ1n) is 17.9. The lowest BCUT2D eigenvalue weighted by Gasteiger charge is -2.02. The van der Waals surface area contributed by atoms with Gasteiger partial charge in [0.05, 0.1) is 35.0 Å². The highest BCUT2D eigenvalue weighted by Gasteiger charge is 2.07. The maximum atomic E-state index is 10.4. The summed E-state index contributed by atoms with van der Waals surface area (Å²) in [5.41, 5.74) is 0. The van der Waals surface area contributed by atoms with Crippen molar-refractivity contribution < 1.29 is 109 Å². The van der Waals surface area contributed by atoms with Gasteiger partial charge in [-0.15, -0.1) is 0 Å². The molecular formula is C37H72O23. The topological polar surface area (TPSA) is 283 Å². The fourth-order valence-electron chi connectivity index (χ4n) is 1.66. The van der Waals surface area contributed by atoms with Gasteiger partial charge in [0.1, 0.15) is 26.4 Å². The Kier molecular flexibility index (Phi) is 79.7. The van der Waals surface area contributed by atoms with Crippen LogP contribution in [0.25, 0.3) is 0 Å². The summed E-state index contributed by atoms with van der Waals surface area (Å²) in [6.45, 7) is 18.2. The van der Waals surface area contributed by atoms with Gasteiger partial charge in [0.15, 0.2) is 13.6 Å². The predicted octanol–water partition coefficient (Wildman–Crippen LogP) is 2.84. The lowest BCUT2D eigenvalue weighted by atomic mass is 10.4. The molecule has 0 rings (SSSR count). The Morgan fingerprint density at radius 3 is 0.850 bits per heavy atom. The number of esters is 9. The standard InChI is InChI=1S/2C6H10O5.2C5H8O4.C5H10O2.C4H10O.C3H8O2.C3H8/c1-9-5(7)3-11-4-6(8)10-2;1-5(7)10-3-9-4-11-6(2)8;1-8-4(6)3-5(7)9-2;1-4(6)8-3-9-5(2)7;1-3-5(6)7-4-2;1-3-5-4-2;1-4-3-5-2;1-3-2/h2*3-4H2,1-2H3;2*3H2,1-2H3;3-4H2,1-2H3;3-4H2,1-2H3;3H2,1-2H3;3H2,1-2H3. The lowest BCUT2D eigenvalue weighted by molar-refractivity contribution is -0.173. The molecule has 60 heavy (non-hydrogen) atoms. The van der Waals surface area contributed by atoms with Crippen molar-refractivity contribution in [3.63, 3.8) is 0 Å². The van der Waals surface area contributed by atoms with Crippen molar-refractivity contribution in [2.24, 2.45) is 0 Å². The molecule has 0 unspecified atom stereocenters. The van der Waals surface area contributed by atoms with Crippen molar-refractivity contribution in [2.45, 2.75) is 88.5 Å². The van der Waals surface area contributed by atoms with Gasteiger partial charge in [-0.05, 0) is 20.8 Å². The van der Waals surface area contributed by atoms with E-state index in [1.54, 1.807) is 28.1 Å². The average Bonchev–Trinajstić information content (AvgIpc) is 3.19. The van der Waals surface area contributed by atoms with Crippen molar-refractivity contribution in [3.8, 4) is 0 Å². The highest BCUT2D eigenvalue weighted by atomic mass is 16.8. The molecular weight excluding hydrogens is 812 g/mol. The summed E-state index contributed by atoms with van der Waals surface area (Å²) in [6.07, 6.45) is 1.42. The molecule has 0 spiro atoms. The van der Waals surface area contributed by atoms with E-state index in [1.807, 2.05) is 13.8 Å². The number of hydrogen-bond donors (Lipinski definition) is 0. The Morgan fingerprint density at radius 1 is 0.350 bits per heavy atom. The molecule has 0 N–H and O–H groups in total. The number of carbonyl (C=O) groups is 9. The fraction of sp³-hybridized carbons (Fsp3) is 0.757. The zero-order valence-corrected chi connectivity index (χ0v) is 38.4. The molecule has 0 aliphatic carbocycles. The molecule has 0 radical (unpaired) electrons. The van der Waals surface area contributed by atoms with Crippen LogP contribution in [-0.2, 0) is 109 Å². The minimum Gasteiger partial charge on any atom is -0.469 e. The molecule has 0 atom stereocenters. The molecule has 0 aromatic carbocycles. The molecule has 0 heterocycles. The summed E-state index contributed by atoms with van der Waals surface area (Å²) in [7, 11) is 8.08. The summed E-state index contributed by atoms with van der Waals surface area (Å²) < 4.78 is 61.6. The second kappa shape index (κ2) is 65.9. The van der Waals surface area contributed by atoms with E-state index in [2.05, 4.69) is 75.4 Å². The van der Waals surface area contributed by atoms with Crippen molar-refractivity contribution in [3.05, 3.63) is 0 Å². The molecule has 0 saturated heterocycles. The van der Waals surface area contributed by atoms with E-state index in [-0.39, 0.29) is 46.0 Å². The third-order valence-electron chi connectivity index (χ3n) is 4.09. The zero-order chi connectivity index (χ0) is 48.6. The van der Waals surface area contributed by atoms with Crippen molar-refractivity contribution in [1.29, 1.82) is 0 Å². The van der Waals surface area contributed by atoms with Crippen LogP contribution >= 0.6 is 0 Å². The number of ether oxygens (including phenoxy) is 14. The first-order valence-corrected chi connectivity index (χ1v) is 17.9. The molecule has 0 amide bonds. The van der Waals surface area contributed by atoms with Crippen molar-refractivity contribution in [1.82, 2.24) is 0 Å². The van der Waals surface area contributed by atoms with E-state index in [1.165, 1.54) is 62.6 Å². The number of hydrogen-bond acceptors (Lipinski definition) is 23. The Labute approximate surface area is 354 Å². The second-order valence-corrected chi connectivity index (χ2v) is 9.42. The van der Waals surface area contributed by atoms with E-state index in [4.69, 9.17) is 4.74 Å². The third kappa shape index (κ3) is 111. The minimum atomic E-state index is -0.582. The van der Waals surface area contributed by atoms with Gasteiger partial charge in [-0.3, -0.25) is 33.6 Å². The summed E-state index contributed by atoms with van der Waals surface area (Å²) in [5.74, 6) is -4.12. The fourth-order valence-corrected chi connectivity index (χ4v) is 1.66. The molecule has 0 aromatic heterocycles. The first kappa shape index (κ1) is 72.6. The Hall–Kier alpha value is -4.97. The maximum Gasteiger partial charge on any atom is 0.331 e. The van der Waals surface area contributed by atoms with Crippen molar-refractivity contribution >= 4 is 53.7 Å². The molecule has 0 aliphatic rings. The van der Waals surface area contributed by atoms with Gasteiger partial charge in [0, 0.05) is 61.5 Å². The van der Waals surface area contributed by atoms with Crippen LogP contribution in [0, 0.1) is 0 Å². The number of methoxy groups -OCH3 is 6. The van der Waals surface area contributed by atoms with Crippen LogP contribution in [-0.4, -0.2) is 157 Å². The Balaban J connectivity index is -0.0000000880. The third-order valence-corrected chi connectivity index (χ3v) is 4.09. The van der Waals surface area contributed by atoms with Gasteiger partial charge >= 0.3 is 53.7 Å². The van der Waals surface area contributed by atoms with E-state index < -0.39 is 47.8 Å². The SMILES string of the molecule is CC(=O)OCOC(C)=O.CC(=O)OCOCOC(C)=O.CCC.CCOC(=O)CC.CCOCC.COC(=O)CC(=O)OC.COC(=O)COCC(=O)OC.COCOC. The normalized spacial score (nSPS) is 8.40. The largest absolute Gasteiger partial charge is 0.469 e. The Bertz CT molecular complexity index is 963. The first-order chi connectivity index (χ1) is 28.2. The predicted molar refractivity (Wildman–Crippen MR) is 210 cm³/mol. The molecule has 358 valence electrons. The van der Waals surface area contributed by atoms with Gasteiger partial charge in [-0.25, -0.2) is 9.59 Å². The molecule has 0 bridgehead atoms. The smallest absolute Gasteiger partial charge is 0.331 e. The summed E-state index contributed by atoms with van der Waals surface area (Å²) in [5, 5.41) is 0. The highest BCUT2D eigenvalue weighted by Crippen LogP contribution is 1.86. The number of carbonyl (C=O) groups excluding carboxylic acids is 9. The van der Waals surface area contributed by atoms with Crippen LogP contribution in [0.5, 0.6) is 0 Å².